The summed E-state index contributed by atoms with van der Waals surface area (Å²) in [6.07, 6.45) is 0.0996. The lowest BCUT2D eigenvalue weighted by Crippen LogP contribution is -2.19. The minimum absolute atomic E-state index is 0.0996. The minimum atomic E-state index is -0.291. The Kier molecular flexibility index (Phi) is 3.76. The largest absolute Gasteiger partial charge is 0.491 e. The van der Waals surface area contributed by atoms with Gasteiger partial charge < -0.3 is 10.1 Å². The van der Waals surface area contributed by atoms with Crippen LogP contribution in [0.4, 0.5) is 5.13 Å². The molecule has 0 aliphatic carbocycles. The van der Waals surface area contributed by atoms with Gasteiger partial charge in [-0.05, 0) is 38.1 Å². The Bertz CT molecular complexity index is 854. The van der Waals surface area contributed by atoms with Gasteiger partial charge >= 0.3 is 5.56 Å². The molecular formula is C14H15N5O2S. The summed E-state index contributed by atoms with van der Waals surface area (Å²) in [6, 6.07) is 7.21. The molecule has 0 saturated heterocycles. The van der Waals surface area contributed by atoms with Gasteiger partial charge in [0.15, 0.2) is 5.69 Å². The first-order valence-corrected chi connectivity index (χ1v) is 7.61. The molecule has 3 rings (SSSR count). The molecule has 0 spiro atoms. The van der Waals surface area contributed by atoms with Crippen molar-refractivity contribution in [2.75, 3.05) is 12.4 Å². The highest BCUT2D eigenvalue weighted by Gasteiger charge is 2.13. The lowest BCUT2D eigenvalue weighted by atomic mass is 10.1. The molecule has 0 saturated carbocycles. The molecule has 7 nitrogen and oxygen atoms in total. The predicted molar refractivity (Wildman–Crippen MR) is 85.7 cm³/mol. The second-order valence-electron chi connectivity index (χ2n) is 4.90. The van der Waals surface area contributed by atoms with Crippen LogP contribution in [-0.2, 0) is 0 Å². The summed E-state index contributed by atoms with van der Waals surface area (Å²) < 4.78 is 6.85. The first-order chi connectivity index (χ1) is 10.6. The van der Waals surface area contributed by atoms with Gasteiger partial charge in [0.25, 0.3) is 0 Å². The van der Waals surface area contributed by atoms with E-state index in [1.54, 1.807) is 19.2 Å². The van der Waals surface area contributed by atoms with Crippen LogP contribution in [-0.4, -0.2) is 33.0 Å². The van der Waals surface area contributed by atoms with Gasteiger partial charge in [-0.25, -0.2) is 0 Å². The van der Waals surface area contributed by atoms with Gasteiger partial charge in [0.05, 0.1) is 6.10 Å². The molecule has 3 aromatic rings. The quantitative estimate of drug-likeness (QED) is 0.793. The third-order valence-corrected chi connectivity index (χ3v) is 3.82. The summed E-state index contributed by atoms with van der Waals surface area (Å²) in [5, 5.41) is 15.8. The summed E-state index contributed by atoms with van der Waals surface area (Å²) >= 11 is 1.27. The van der Waals surface area contributed by atoms with Gasteiger partial charge in [0.1, 0.15) is 5.75 Å². The van der Waals surface area contributed by atoms with Crippen molar-refractivity contribution in [2.24, 2.45) is 0 Å². The second kappa shape index (κ2) is 5.72. The first kappa shape index (κ1) is 14.5. The zero-order chi connectivity index (χ0) is 15.7. The van der Waals surface area contributed by atoms with E-state index in [2.05, 4.69) is 20.6 Å². The van der Waals surface area contributed by atoms with Crippen LogP contribution in [0.25, 0.3) is 16.2 Å². The van der Waals surface area contributed by atoms with Gasteiger partial charge in [-0.1, -0.05) is 11.3 Å². The van der Waals surface area contributed by atoms with Crippen LogP contribution < -0.4 is 15.6 Å². The highest BCUT2D eigenvalue weighted by atomic mass is 32.1. The first-order valence-electron chi connectivity index (χ1n) is 6.80. The molecule has 0 unspecified atom stereocenters. The lowest BCUT2D eigenvalue weighted by molar-refractivity contribution is 0.242. The van der Waals surface area contributed by atoms with E-state index in [1.807, 2.05) is 26.0 Å². The van der Waals surface area contributed by atoms with E-state index < -0.39 is 0 Å². The molecule has 8 heteroatoms. The number of benzene rings is 1. The fourth-order valence-electron chi connectivity index (χ4n) is 1.96. The van der Waals surface area contributed by atoms with E-state index >= 15 is 0 Å². The monoisotopic (exact) mass is 317 g/mol. The molecule has 0 bridgehead atoms. The number of aromatic nitrogens is 4. The maximum Gasteiger partial charge on any atom is 0.302 e. The van der Waals surface area contributed by atoms with Gasteiger partial charge in [0, 0.05) is 12.6 Å². The number of fused-ring (bicyclic) bond motifs is 1. The Labute approximate surface area is 130 Å². The van der Waals surface area contributed by atoms with Crippen molar-refractivity contribution in [3.05, 3.63) is 34.6 Å². The number of ether oxygens (including phenoxy) is 1. The smallest absolute Gasteiger partial charge is 0.302 e. The number of hydrogen-bond donors (Lipinski definition) is 1. The molecule has 0 atom stereocenters. The van der Waals surface area contributed by atoms with Gasteiger partial charge in [-0.3, -0.25) is 4.79 Å². The number of nitrogens with zero attached hydrogens (tertiary/aromatic N) is 4. The summed E-state index contributed by atoms with van der Waals surface area (Å²) in [6.45, 7) is 3.92. The average Bonchev–Trinajstić information content (AvgIpc) is 2.92. The van der Waals surface area contributed by atoms with E-state index in [0.717, 1.165) is 5.75 Å². The van der Waals surface area contributed by atoms with Crippen LogP contribution in [0.2, 0.25) is 0 Å². The fraction of sp³-hybridized carbons (Fsp3) is 0.286. The van der Waals surface area contributed by atoms with E-state index in [-0.39, 0.29) is 17.4 Å². The molecule has 0 radical (unpaired) electrons. The van der Waals surface area contributed by atoms with E-state index in [9.17, 15) is 4.79 Å². The zero-order valence-corrected chi connectivity index (χ0v) is 13.2. The molecule has 114 valence electrons. The molecular weight excluding hydrogens is 302 g/mol. The van der Waals surface area contributed by atoms with Crippen molar-refractivity contribution >= 4 is 21.4 Å². The Morgan fingerprint density at radius 2 is 1.95 bits per heavy atom. The molecule has 1 aromatic carbocycles. The van der Waals surface area contributed by atoms with Crippen LogP contribution in [0, 0.1) is 0 Å². The molecule has 1 N–H and O–H groups in total. The van der Waals surface area contributed by atoms with E-state index in [0.29, 0.717) is 15.7 Å². The number of anilines is 1. The summed E-state index contributed by atoms with van der Waals surface area (Å²) in [5.41, 5.74) is 0.656. The third kappa shape index (κ3) is 2.64. The fourth-order valence-corrected chi connectivity index (χ4v) is 2.65. The van der Waals surface area contributed by atoms with Crippen molar-refractivity contribution in [1.82, 2.24) is 19.8 Å². The highest BCUT2D eigenvalue weighted by Crippen LogP contribution is 2.20. The predicted octanol–water partition coefficient (Wildman–Crippen LogP) is 2.04. The van der Waals surface area contributed by atoms with Crippen molar-refractivity contribution in [2.45, 2.75) is 20.0 Å². The Morgan fingerprint density at radius 3 is 2.59 bits per heavy atom. The van der Waals surface area contributed by atoms with Crippen LogP contribution >= 0.6 is 11.3 Å². The van der Waals surface area contributed by atoms with Gasteiger partial charge in [0.2, 0.25) is 10.1 Å². The van der Waals surface area contributed by atoms with Gasteiger partial charge in [-0.2, -0.15) is 4.52 Å². The zero-order valence-electron chi connectivity index (χ0n) is 12.4. The van der Waals surface area contributed by atoms with Crippen molar-refractivity contribution in [1.29, 1.82) is 0 Å². The van der Waals surface area contributed by atoms with Crippen LogP contribution in [0.15, 0.2) is 29.1 Å². The highest BCUT2D eigenvalue weighted by molar-refractivity contribution is 7.20. The number of hydrogen-bond acceptors (Lipinski definition) is 7. The average molecular weight is 317 g/mol. The maximum absolute atomic E-state index is 12.5. The second-order valence-corrected chi connectivity index (χ2v) is 5.85. The molecule has 0 aliphatic rings. The normalized spacial score (nSPS) is 11.1. The lowest BCUT2D eigenvalue weighted by Gasteiger charge is -2.09. The number of nitrogens with one attached hydrogen (secondary N) is 1. The van der Waals surface area contributed by atoms with Crippen LogP contribution in [0.5, 0.6) is 5.75 Å². The SMILES string of the molecule is CNc1nn2c(=O)c(-c3ccc(OC(C)C)cc3)nnc2s1. The molecule has 0 aliphatic heterocycles. The molecule has 0 fully saturated rings. The Balaban J connectivity index is 2.02. The Morgan fingerprint density at radius 1 is 1.23 bits per heavy atom. The van der Waals surface area contributed by atoms with E-state index in [4.69, 9.17) is 4.74 Å². The molecule has 0 amide bonds. The topological polar surface area (TPSA) is 81.4 Å². The summed E-state index contributed by atoms with van der Waals surface area (Å²) in [4.78, 5) is 12.9. The Hall–Kier alpha value is -2.48. The summed E-state index contributed by atoms with van der Waals surface area (Å²) in [7, 11) is 1.74. The van der Waals surface area contributed by atoms with Crippen molar-refractivity contribution in [3.63, 3.8) is 0 Å². The van der Waals surface area contributed by atoms with Crippen molar-refractivity contribution in [3.8, 4) is 17.0 Å². The molecule has 2 aromatic heterocycles. The number of rotatable bonds is 4. The van der Waals surface area contributed by atoms with Crippen LogP contribution in [0.3, 0.4) is 0 Å². The standard InChI is InChI=1S/C14H15N5O2S/c1-8(2)21-10-6-4-9(5-7-10)11-12(20)19-14(17-16-11)22-13(15-3)18-19/h4-8H,1-3H3,(H,15,18). The van der Waals surface area contributed by atoms with Gasteiger partial charge in [-0.15, -0.1) is 15.3 Å². The molecule has 22 heavy (non-hydrogen) atoms. The minimum Gasteiger partial charge on any atom is -0.491 e. The third-order valence-electron chi connectivity index (χ3n) is 2.90. The van der Waals surface area contributed by atoms with E-state index in [1.165, 1.54) is 15.9 Å². The van der Waals surface area contributed by atoms with Crippen molar-refractivity contribution < 1.29 is 4.74 Å². The summed E-state index contributed by atoms with van der Waals surface area (Å²) in [5.74, 6) is 0.749. The van der Waals surface area contributed by atoms with Crippen LogP contribution in [0.1, 0.15) is 13.8 Å². The maximum atomic E-state index is 12.5. The molecule has 2 heterocycles.